The molecule has 1 aliphatic carbocycles. The summed E-state index contributed by atoms with van der Waals surface area (Å²) < 4.78 is 7.76. The Balaban J connectivity index is 1.31. The van der Waals surface area contributed by atoms with Gasteiger partial charge in [-0.3, -0.25) is 10.1 Å². The highest BCUT2D eigenvalue weighted by Crippen LogP contribution is 2.30. The lowest BCUT2D eigenvalue weighted by Crippen LogP contribution is -2.13. The first-order valence-corrected chi connectivity index (χ1v) is 9.29. The fourth-order valence-corrected chi connectivity index (χ4v) is 3.26. The number of carbonyl (C=O) groups excluding carboxylic acids is 1. The molecular weight excluding hydrogens is 340 g/mol. The zero-order valence-electron chi connectivity index (χ0n) is 15.1. The third-order valence-corrected chi connectivity index (χ3v) is 4.97. The first-order valence-electron chi connectivity index (χ1n) is 9.29. The van der Waals surface area contributed by atoms with Crippen molar-refractivity contribution in [2.75, 3.05) is 5.32 Å². The quantitative estimate of drug-likeness (QED) is 0.585. The molecule has 1 amide bonds. The fourth-order valence-electron chi connectivity index (χ4n) is 3.26. The molecule has 0 aliphatic heterocycles. The van der Waals surface area contributed by atoms with E-state index in [2.05, 4.69) is 51.0 Å². The third-order valence-electron chi connectivity index (χ3n) is 4.97. The van der Waals surface area contributed by atoms with E-state index in [0.717, 1.165) is 48.1 Å². The number of imidazole rings is 1. The summed E-state index contributed by atoms with van der Waals surface area (Å²) in [6.45, 7) is 2.07. The Hall–Kier alpha value is -3.15. The van der Waals surface area contributed by atoms with Gasteiger partial charge in [-0.25, -0.2) is 4.98 Å². The molecule has 1 aliphatic rings. The minimum absolute atomic E-state index is 0.00358. The van der Waals surface area contributed by atoms with E-state index in [1.54, 1.807) is 0 Å². The molecule has 6 heteroatoms. The maximum Gasteiger partial charge on any atom is 0.302 e. The number of rotatable bonds is 5. The first kappa shape index (κ1) is 16.1. The van der Waals surface area contributed by atoms with Crippen LogP contribution in [0.25, 0.3) is 16.7 Å². The second-order valence-electron chi connectivity index (χ2n) is 7.29. The van der Waals surface area contributed by atoms with Crippen molar-refractivity contribution in [1.82, 2.24) is 14.4 Å². The van der Waals surface area contributed by atoms with Crippen molar-refractivity contribution in [3.05, 3.63) is 59.5 Å². The number of carbonyl (C=O) groups is 1. The molecule has 1 saturated carbocycles. The van der Waals surface area contributed by atoms with Crippen LogP contribution in [0.4, 0.5) is 6.01 Å². The normalized spacial score (nSPS) is 14.1. The number of oxazole rings is 1. The molecule has 3 aromatic heterocycles. The molecule has 0 atom stereocenters. The van der Waals surface area contributed by atoms with E-state index in [1.165, 1.54) is 5.56 Å². The van der Waals surface area contributed by atoms with Gasteiger partial charge in [-0.15, -0.1) is 0 Å². The Morgan fingerprint density at radius 3 is 2.96 bits per heavy atom. The fraction of sp³-hybridized carbons (Fsp3) is 0.286. The average Bonchev–Trinajstić information content (AvgIpc) is 3.31. The number of hydrogen-bond donors (Lipinski definition) is 1. The van der Waals surface area contributed by atoms with E-state index >= 15 is 0 Å². The minimum Gasteiger partial charge on any atom is -0.423 e. The topological polar surface area (TPSA) is 72.4 Å². The van der Waals surface area contributed by atoms with Crippen molar-refractivity contribution in [2.45, 2.75) is 32.6 Å². The van der Waals surface area contributed by atoms with Crippen LogP contribution in [-0.2, 0) is 17.6 Å². The van der Waals surface area contributed by atoms with Gasteiger partial charge >= 0.3 is 6.01 Å². The lowest BCUT2D eigenvalue weighted by atomic mass is 10.1. The summed E-state index contributed by atoms with van der Waals surface area (Å²) in [6, 6.07) is 10.4. The van der Waals surface area contributed by atoms with E-state index in [-0.39, 0.29) is 17.8 Å². The molecule has 0 spiro atoms. The smallest absolute Gasteiger partial charge is 0.302 e. The molecule has 0 saturated heterocycles. The monoisotopic (exact) mass is 360 g/mol. The second kappa shape index (κ2) is 6.23. The summed E-state index contributed by atoms with van der Waals surface area (Å²) in [4.78, 5) is 20.9. The molecule has 5 rings (SSSR count). The molecule has 136 valence electrons. The Bertz CT molecular complexity index is 1150. The first-order chi connectivity index (χ1) is 13.1. The maximum absolute atomic E-state index is 11.9. The van der Waals surface area contributed by atoms with Gasteiger partial charge in [-0.1, -0.05) is 6.07 Å². The van der Waals surface area contributed by atoms with Crippen molar-refractivity contribution in [2.24, 2.45) is 5.92 Å². The number of nitrogens with zero attached hydrogens (tertiary/aromatic N) is 3. The summed E-state index contributed by atoms with van der Waals surface area (Å²) in [6.07, 6.45) is 7.75. The van der Waals surface area contributed by atoms with Crippen LogP contribution in [0.5, 0.6) is 0 Å². The number of pyridine rings is 1. The van der Waals surface area contributed by atoms with Gasteiger partial charge in [0, 0.05) is 18.3 Å². The molecule has 6 nitrogen and oxygen atoms in total. The van der Waals surface area contributed by atoms with E-state index in [1.807, 2.05) is 18.3 Å². The predicted octanol–water partition coefficient (Wildman–Crippen LogP) is 3.92. The van der Waals surface area contributed by atoms with Crippen LogP contribution in [0.15, 0.2) is 47.1 Å². The second-order valence-corrected chi connectivity index (χ2v) is 7.29. The van der Waals surface area contributed by atoms with Gasteiger partial charge in [-0.05, 0) is 68.0 Å². The summed E-state index contributed by atoms with van der Waals surface area (Å²) >= 11 is 0. The molecule has 4 aromatic rings. The molecule has 0 unspecified atom stereocenters. The molecule has 27 heavy (non-hydrogen) atoms. The largest absolute Gasteiger partial charge is 0.423 e. The predicted molar refractivity (Wildman–Crippen MR) is 103 cm³/mol. The molecule has 0 radical (unpaired) electrons. The number of aryl methyl sites for hydroxylation is 3. The van der Waals surface area contributed by atoms with Crippen LogP contribution in [0, 0.1) is 12.8 Å². The van der Waals surface area contributed by atoms with Crippen LogP contribution < -0.4 is 5.32 Å². The number of nitrogens with one attached hydrogen (secondary N) is 1. The Labute approximate surface area is 156 Å². The number of aromatic nitrogens is 3. The highest BCUT2D eigenvalue weighted by atomic mass is 16.4. The van der Waals surface area contributed by atoms with Crippen LogP contribution in [0.1, 0.15) is 29.7 Å². The molecule has 3 heterocycles. The van der Waals surface area contributed by atoms with Crippen LogP contribution >= 0.6 is 0 Å². The van der Waals surface area contributed by atoms with Crippen LogP contribution in [-0.4, -0.2) is 20.3 Å². The Morgan fingerprint density at radius 2 is 2.11 bits per heavy atom. The summed E-state index contributed by atoms with van der Waals surface area (Å²) in [5.41, 5.74) is 5.87. The van der Waals surface area contributed by atoms with Crippen molar-refractivity contribution >= 4 is 28.7 Å². The standard InChI is InChI=1S/C21H20N4O2/c1-13-8-9-25-12-16(22-19(25)10-13)6-2-14-3-7-17-18(11-14)27-21(23-17)24-20(26)15-4-5-15/h3,7-12,15H,2,4-6H2,1H3,(H,23,24,26). The van der Waals surface area contributed by atoms with Crippen molar-refractivity contribution in [3.63, 3.8) is 0 Å². The Morgan fingerprint density at radius 1 is 1.22 bits per heavy atom. The maximum atomic E-state index is 11.9. The number of amides is 1. The van der Waals surface area contributed by atoms with Gasteiger partial charge < -0.3 is 8.82 Å². The van der Waals surface area contributed by atoms with Crippen molar-refractivity contribution in [3.8, 4) is 0 Å². The van der Waals surface area contributed by atoms with Gasteiger partial charge in [0.2, 0.25) is 5.91 Å². The third kappa shape index (κ3) is 3.30. The highest BCUT2D eigenvalue weighted by Gasteiger charge is 2.30. The van der Waals surface area contributed by atoms with Gasteiger partial charge in [0.15, 0.2) is 5.58 Å². The van der Waals surface area contributed by atoms with Crippen LogP contribution in [0.3, 0.4) is 0 Å². The minimum atomic E-state index is 0.00358. The van der Waals surface area contributed by atoms with Gasteiger partial charge in [0.05, 0.1) is 5.69 Å². The van der Waals surface area contributed by atoms with Gasteiger partial charge in [0.1, 0.15) is 11.2 Å². The van der Waals surface area contributed by atoms with Crippen LogP contribution in [0.2, 0.25) is 0 Å². The lowest BCUT2D eigenvalue weighted by Gasteiger charge is -1.98. The molecular formula is C21H20N4O2. The zero-order chi connectivity index (χ0) is 18.4. The molecule has 1 aromatic carbocycles. The number of anilines is 1. The summed E-state index contributed by atoms with van der Waals surface area (Å²) in [7, 11) is 0. The number of fused-ring (bicyclic) bond motifs is 2. The molecule has 1 fully saturated rings. The molecule has 1 N–H and O–H groups in total. The van der Waals surface area contributed by atoms with E-state index in [9.17, 15) is 4.79 Å². The van der Waals surface area contributed by atoms with Gasteiger partial charge in [-0.2, -0.15) is 4.98 Å². The molecule has 0 bridgehead atoms. The van der Waals surface area contributed by atoms with E-state index in [4.69, 9.17) is 4.42 Å². The summed E-state index contributed by atoms with van der Waals surface area (Å²) in [5, 5.41) is 2.76. The number of hydrogen-bond acceptors (Lipinski definition) is 4. The van der Waals surface area contributed by atoms with E-state index < -0.39 is 0 Å². The zero-order valence-corrected chi connectivity index (χ0v) is 15.1. The lowest BCUT2D eigenvalue weighted by molar-refractivity contribution is -0.117. The number of benzene rings is 1. The highest BCUT2D eigenvalue weighted by molar-refractivity contribution is 5.93. The van der Waals surface area contributed by atoms with Crippen molar-refractivity contribution in [1.29, 1.82) is 0 Å². The van der Waals surface area contributed by atoms with E-state index in [0.29, 0.717) is 5.58 Å². The summed E-state index contributed by atoms with van der Waals surface area (Å²) in [5.74, 6) is 0.133. The SMILES string of the molecule is Cc1ccn2cc(CCc3ccc4nc(NC(=O)C5CC5)oc4c3)nc2c1. The Kier molecular flexibility index (Phi) is 3.70. The van der Waals surface area contributed by atoms with Crippen molar-refractivity contribution < 1.29 is 9.21 Å². The van der Waals surface area contributed by atoms with Gasteiger partial charge in [0.25, 0.3) is 0 Å². The average molecular weight is 360 g/mol.